The van der Waals surface area contributed by atoms with Gasteiger partial charge in [0.25, 0.3) is 0 Å². The molecule has 5 N–H and O–H groups in total. The van der Waals surface area contributed by atoms with Crippen molar-refractivity contribution in [2.24, 2.45) is 11.1 Å². The molecule has 7 nitrogen and oxygen atoms in total. The van der Waals surface area contributed by atoms with Crippen molar-refractivity contribution in [2.45, 2.75) is 65.3 Å². The van der Waals surface area contributed by atoms with E-state index in [9.17, 15) is 23.8 Å². The van der Waals surface area contributed by atoms with Gasteiger partial charge < -0.3 is 26.0 Å². The zero-order valence-corrected chi connectivity index (χ0v) is 22.7. The van der Waals surface area contributed by atoms with Gasteiger partial charge in [0, 0.05) is 25.2 Å². The smallest absolute Gasteiger partial charge is 0.361 e. The number of nitrogens with one attached hydrogen (secondary N) is 1. The Morgan fingerprint density at radius 1 is 1.05 bits per heavy atom. The summed E-state index contributed by atoms with van der Waals surface area (Å²) >= 11 is 0. The van der Waals surface area contributed by atoms with Gasteiger partial charge in [-0.2, -0.15) is 0 Å². The number of ether oxygens (including phenoxy) is 1. The monoisotopic (exact) mass is 541 g/mol. The number of aromatic nitrogens is 1. The third-order valence-corrected chi connectivity index (χ3v) is 6.39. The summed E-state index contributed by atoms with van der Waals surface area (Å²) in [6.45, 7) is 8.12. The minimum Gasteiger partial charge on any atom is -0.505 e. The van der Waals surface area contributed by atoms with E-state index in [4.69, 9.17) is 10.5 Å². The van der Waals surface area contributed by atoms with E-state index in [1.807, 2.05) is 39.0 Å². The molecule has 1 aromatic heterocycles. The van der Waals surface area contributed by atoms with Crippen molar-refractivity contribution >= 4 is 5.97 Å². The number of aryl methyl sites for hydroxylation is 1. The number of carbonyl (C=O) groups excluding carboxylic acids is 1. The summed E-state index contributed by atoms with van der Waals surface area (Å²) in [6, 6.07) is 13.0. The van der Waals surface area contributed by atoms with E-state index in [0.29, 0.717) is 12.1 Å². The number of aliphatic hydroxyl groups excluding tert-OH is 1. The predicted octanol–water partition coefficient (Wildman–Crippen LogP) is 4.59. The van der Waals surface area contributed by atoms with Crippen LogP contribution < -0.4 is 11.1 Å². The molecule has 3 aromatic rings. The number of carbonyl (C=O) groups is 1. The van der Waals surface area contributed by atoms with Gasteiger partial charge in [0.2, 0.25) is 0 Å². The van der Waals surface area contributed by atoms with E-state index in [2.05, 4.69) is 23.3 Å². The second-order valence-corrected chi connectivity index (χ2v) is 10.8. The predicted molar refractivity (Wildman–Crippen MR) is 145 cm³/mol. The Morgan fingerprint density at radius 2 is 1.72 bits per heavy atom. The summed E-state index contributed by atoms with van der Waals surface area (Å²) in [6.07, 6.45) is -1.01. The van der Waals surface area contributed by atoms with E-state index in [1.54, 1.807) is 0 Å². The Kier molecular flexibility index (Phi) is 10.1. The fourth-order valence-corrected chi connectivity index (χ4v) is 4.14. The molecular weight excluding hydrogens is 504 g/mol. The Labute approximate surface area is 228 Å². The number of pyridine rings is 1. The van der Waals surface area contributed by atoms with Crippen molar-refractivity contribution in [3.8, 4) is 5.75 Å². The van der Waals surface area contributed by atoms with Crippen LogP contribution in [0.4, 0.5) is 8.78 Å². The van der Waals surface area contributed by atoms with Crippen molar-refractivity contribution in [1.82, 2.24) is 10.3 Å². The largest absolute Gasteiger partial charge is 0.505 e. The van der Waals surface area contributed by atoms with E-state index < -0.39 is 47.0 Å². The van der Waals surface area contributed by atoms with E-state index in [-0.39, 0.29) is 24.4 Å². The number of benzene rings is 2. The molecule has 0 saturated carbocycles. The van der Waals surface area contributed by atoms with Gasteiger partial charge in [-0.05, 0) is 59.2 Å². The van der Waals surface area contributed by atoms with Gasteiger partial charge in [-0.25, -0.2) is 18.6 Å². The van der Waals surface area contributed by atoms with Gasteiger partial charge in [-0.1, -0.05) is 52.0 Å². The number of hydrogen-bond donors (Lipinski definition) is 4. The minimum absolute atomic E-state index is 0.0296. The highest BCUT2D eigenvalue weighted by Crippen LogP contribution is 2.32. The summed E-state index contributed by atoms with van der Waals surface area (Å²) in [5.74, 6) is -2.81. The molecule has 3 rings (SSSR count). The van der Waals surface area contributed by atoms with E-state index >= 15 is 0 Å². The quantitative estimate of drug-likeness (QED) is 0.262. The summed E-state index contributed by atoms with van der Waals surface area (Å²) in [5, 5.41) is 24.2. The molecule has 0 radical (unpaired) electrons. The Morgan fingerprint density at radius 3 is 2.36 bits per heavy atom. The molecule has 0 saturated heterocycles. The highest BCUT2D eigenvalue weighted by atomic mass is 19.1. The van der Waals surface area contributed by atoms with Gasteiger partial charge in [0.05, 0.1) is 5.69 Å². The van der Waals surface area contributed by atoms with Crippen LogP contribution in [0.25, 0.3) is 0 Å². The zero-order valence-electron chi connectivity index (χ0n) is 22.7. The van der Waals surface area contributed by atoms with Crippen LogP contribution in [0.2, 0.25) is 0 Å². The third kappa shape index (κ3) is 8.54. The van der Waals surface area contributed by atoms with E-state index in [1.165, 1.54) is 29.8 Å². The molecule has 39 heavy (non-hydrogen) atoms. The van der Waals surface area contributed by atoms with Gasteiger partial charge >= 0.3 is 5.97 Å². The van der Waals surface area contributed by atoms with Crippen molar-refractivity contribution in [3.63, 3.8) is 0 Å². The standard InChI is InChI=1S/C30H37F2N3O4/c1-5-18-7-6-8-19(11-18)16-34-17-26(23(33)14-20-12-21(31)15-22(32)13-20)39-29(38)27-25(36)10-9-24(35-27)28(37)30(2,3)4/h6-13,15,23,26,28,34,36-37H,5,14,16-17,33H2,1-4H3. The van der Waals surface area contributed by atoms with Gasteiger partial charge in [0.1, 0.15) is 29.6 Å². The maximum absolute atomic E-state index is 13.8. The molecule has 0 fully saturated rings. The number of halogens is 2. The average molecular weight is 542 g/mol. The van der Waals surface area contributed by atoms with Gasteiger partial charge in [0.15, 0.2) is 5.69 Å². The third-order valence-electron chi connectivity index (χ3n) is 6.39. The average Bonchev–Trinajstić information content (AvgIpc) is 2.86. The summed E-state index contributed by atoms with van der Waals surface area (Å²) < 4.78 is 33.2. The van der Waals surface area contributed by atoms with Crippen molar-refractivity contribution in [2.75, 3.05) is 6.54 Å². The molecule has 3 atom stereocenters. The number of nitrogens with zero attached hydrogens (tertiary/aromatic N) is 1. The molecule has 3 unspecified atom stereocenters. The number of aliphatic hydroxyl groups is 1. The number of nitrogens with two attached hydrogens (primary N) is 1. The molecule has 9 heteroatoms. The van der Waals surface area contributed by atoms with Crippen LogP contribution in [0.1, 0.15) is 66.7 Å². The van der Waals surface area contributed by atoms with Crippen LogP contribution in [-0.2, 0) is 24.1 Å². The highest BCUT2D eigenvalue weighted by Gasteiger charge is 2.29. The number of aromatic hydroxyl groups is 1. The number of hydrogen-bond acceptors (Lipinski definition) is 7. The lowest BCUT2D eigenvalue weighted by atomic mass is 9.87. The minimum atomic E-state index is -0.994. The maximum Gasteiger partial charge on any atom is 0.361 e. The molecule has 0 aliphatic carbocycles. The second-order valence-electron chi connectivity index (χ2n) is 10.8. The first-order chi connectivity index (χ1) is 18.4. The van der Waals surface area contributed by atoms with Crippen LogP contribution in [-0.4, -0.2) is 39.9 Å². The van der Waals surface area contributed by atoms with Gasteiger partial charge in [-0.15, -0.1) is 0 Å². The zero-order chi connectivity index (χ0) is 28.7. The van der Waals surface area contributed by atoms with Gasteiger partial charge in [-0.3, -0.25) is 0 Å². The van der Waals surface area contributed by atoms with Crippen LogP contribution in [0.3, 0.4) is 0 Å². The Bertz CT molecular complexity index is 1260. The molecule has 210 valence electrons. The lowest BCUT2D eigenvalue weighted by molar-refractivity contribution is 0.0223. The molecule has 0 bridgehead atoms. The fraction of sp³-hybridized carbons (Fsp3) is 0.400. The lowest BCUT2D eigenvalue weighted by Crippen LogP contribution is -2.46. The van der Waals surface area contributed by atoms with Crippen LogP contribution >= 0.6 is 0 Å². The first-order valence-corrected chi connectivity index (χ1v) is 13.0. The molecular formula is C30H37F2N3O4. The van der Waals surface area contributed by atoms with Crippen molar-refractivity contribution < 1.29 is 28.5 Å². The van der Waals surface area contributed by atoms with E-state index in [0.717, 1.165) is 18.1 Å². The lowest BCUT2D eigenvalue weighted by Gasteiger charge is -2.26. The normalized spacial score (nSPS) is 14.1. The van der Waals surface area contributed by atoms with Crippen LogP contribution in [0, 0.1) is 17.0 Å². The summed E-state index contributed by atoms with van der Waals surface area (Å²) in [7, 11) is 0. The molecule has 0 aliphatic rings. The second kappa shape index (κ2) is 13.1. The molecule has 0 aliphatic heterocycles. The topological polar surface area (TPSA) is 118 Å². The Balaban J connectivity index is 1.81. The number of rotatable bonds is 11. The molecule has 2 aromatic carbocycles. The number of esters is 1. The summed E-state index contributed by atoms with van der Waals surface area (Å²) in [4.78, 5) is 17.3. The SMILES string of the molecule is CCc1cccc(CNCC(OC(=O)c2nc(C(O)C(C)(C)C)ccc2O)C(N)Cc2cc(F)cc(F)c2)c1. The van der Waals surface area contributed by atoms with Crippen LogP contribution in [0.5, 0.6) is 5.75 Å². The first-order valence-electron chi connectivity index (χ1n) is 13.0. The van der Waals surface area contributed by atoms with Crippen LogP contribution in [0.15, 0.2) is 54.6 Å². The van der Waals surface area contributed by atoms with Crippen molar-refractivity contribution in [3.05, 3.63) is 94.3 Å². The molecule has 0 spiro atoms. The Hall–Kier alpha value is -3.40. The molecule has 0 amide bonds. The highest BCUT2D eigenvalue weighted by molar-refractivity contribution is 5.90. The fourth-order valence-electron chi connectivity index (χ4n) is 4.14. The maximum atomic E-state index is 13.8. The summed E-state index contributed by atoms with van der Waals surface area (Å²) in [5.41, 5.74) is 8.20. The van der Waals surface area contributed by atoms with Crippen molar-refractivity contribution in [1.29, 1.82) is 0 Å². The first kappa shape index (κ1) is 30.1. The molecule has 1 heterocycles.